The Morgan fingerprint density at radius 1 is 0.879 bits per heavy atom. The number of ether oxygens (including phenoxy) is 3. The minimum atomic E-state index is -0.0408. The first-order valence-electron chi connectivity index (χ1n) is 10.6. The highest BCUT2D eigenvalue weighted by molar-refractivity contribution is 7.15. The Balaban J connectivity index is 1.19. The van der Waals surface area contributed by atoms with E-state index in [-0.39, 0.29) is 5.56 Å². The van der Waals surface area contributed by atoms with Gasteiger partial charge in [0.1, 0.15) is 17.2 Å². The molecule has 0 spiro atoms. The van der Waals surface area contributed by atoms with E-state index in [4.69, 9.17) is 14.2 Å². The van der Waals surface area contributed by atoms with Crippen molar-refractivity contribution in [2.45, 2.75) is 6.42 Å². The zero-order valence-corrected chi connectivity index (χ0v) is 18.9. The van der Waals surface area contributed by atoms with Crippen molar-refractivity contribution in [3.05, 3.63) is 93.2 Å². The Morgan fingerprint density at radius 3 is 2.21 bits per heavy atom. The number of hydrogen-bond donors (Lipinski definition) is 0. The number of rotatable bonds is 8. The van der Waals surface area contributed by atoms with E-state index in [0.29, 0.717) is 22.7 Å². The van der Waals surface area contributed by atoms with Gasteiger partial charge in [-0.3, -0.25) is 4.79 Å². The molecule has 0 aliphatic rings. The highest BCUT2D eigenvalue weighted by Gasteiger charge is 2.10. The van der Waals surface area contributed by atoms with E-state index in [1.807, 2.05) is 78.9 Å². The maximum absolute atomic E-state index is 12.9. The number of benzene rings is 3. The maximum atomic E-state index is 12.9. The second-order valence-electron chi connectivity index (χ2n) is 7.43. The first-order chi connectivity index (χ1) is 16.2. The van der Waals surface area contributed by atoms with Gasteiger partial charge in [-0.15, -0.1) is 0 Å². The average Bonchev–Trinajstić information content (AvgIpc) is 3.36. The lowest BCUT2D eigenvalue weighted by Crippen LogP contribution is -2.22. The van der Waals surface area contributed by atoms with Crippen LogP contribution in [-0.4, -0.2) is 29.7 Å². The summed E-state index contributed by atoms with van der Waals surface area (Å²) in [7, 11) is 1.64. The molecule has 0 N–H and O–H groups in total. The third-order valence-electron chi connectivity index (χ3n) is 5.21. The topological polar surface area (TPSA) is 62.1 Å². The summed E-state index contributed by atoms with van der Waals surface area (Å²) in [6.45, 7) is 1.12. The van der Waals surface area contributed by atoms with Crippen molar-refractivity contribution in [1.29, 1.82) is 0 Å². The fraction of sp³-hybridized carbons (Fsp3) is 0.154. The lowest BCUT2D eigenvalue weighted by molar-refractivity contribution is 0.247. The van der Waals surface area contributed by atoms with E-state index in [1.54, 1.807) is 11.5 Å². The molecule has 3 aromatic carbocycles. The maximum Gasteiger partial charge on any atom is 0.274 e. The van der Waals surface area contributed by atoms with Crippen molar-refractivity contribution in [3.8, 4) is 17.2 Å². The largest absolute Gasteiger partial charge is 0.497 e. The quantitative estimate of drug-likeness (QED) is 0.324. The minimum Gasteiger partial charge on any atom is -0.497 e. The van der Waals surface area contributed by atoms with Crippen LogP contribution >= 0.6 is 11.3 Å². The van der Waals surface area contributed by atoms with E-state index in [2.05, 4.69) is 4.98 Å². The van der Waals surface area contributed by atoms with E-state index < -0.39 is 0 Å². The zero-order chi connectivity index (χ0) is 22.6. The Morgan fingerprint density at radius 2 is 1.52 bits per heavy atom. The number of methoxy groups -OCH3 is 1. The first kappa shape index (κ1) is 21.0. The number of thiazole rings is 1. The minimum absolute atomic E-state index is 0.0408. The van der Waals surface area contributed by atoms with Gasteiger partial charge in [-0.2, -0.15) is 0 Å². The summed E-state index contributed by atoms with van der Waals surface area (Å²) < 4.78 is 19.0. The molecule has 0 bridgehead atoms. The Hall–Kier alpha value is -3.84. The van der Waals surface area contributed by atoms with Crippen LogP contribution in [0, 0.1) is 0 Å². The normalized spacial score (nSPS) is 11.8. The van der Waals surface area contributed by atoms with Crippen molar-refractivity contribution in [3.63, 3.8) is 0 Å². The SMILES string of the molecule is COc1ccc(OCCCOc2ccc(/C=c3\sc4nc5ccccc5n4c3=O)cc2)cc1. The molecule has 0 aliphatic heterocycles. The summed E-state index contributed by atoms with van der Waals surface area (Å²) in [5.41, 5.74) is 2.58. The molecule has 0 atom stereocenters. The molecule has 0 radical (unpaired) electrons. The molecule has 0 fully saturated rings. The molecular weight excluding hydrogens is 436 g/mol. The van der Waals surface area contributed by atoms with Gasteiger partial charge in [0.2, 0.25) is 0 Å². The van der Waals surface area contributed by atoms with Gasteiger partial charge >= 0.3 is 0 Å². The number of para-hydroxylation sites is 2. The number of nitrogens with zero attached hydrogens (tertiary/aromatic N) is 2. The average molecular weight is 459 g/mol. The molecule has 0 saturated carbocycles. The van der Waals surface area contributed by atoms with Crippen molar-refractivity contribution in [2.24, 2.45) is 0 Å². The predicted octanol–water partition coefficient (Wildman–Crippen LogP) is 4.31. The summed E-state index contributed by atoms with van der Waals surface area (Å²) in [5.74, 6) is 2.40. The van der Waals surface area contributed by atoms with Gasteiger partial charge in [0.15, 0.2) is 4.96 Å². The fourth-order valence-electron chi connectivity index (χ4n) is 3.53. The Kier molecular flexibility index (Phi) is 5.95. The molecule has 5 rings (SSSR count). The zero-order valence-electron chi connectivity index (χ0n) is 18.1. The summed E-state index contributed by atoms with van der Waals surface area (Å²) >= 11 is 1.40. The van der Waals surface area contributed by atoms with Crippen molar-refractivity contribution in [2.75, 3.05) is 20.3 Å². The lowest BCUT2D eigenvalue weighted by atomic mass is 10.2. The highest BCUT2D eigenvalue weighted by Crippen LogP contribution is 2.18. The van der Waals surface area contributed by atoms with Gasteiger partial charge in [0.25, 0.3) is 5.56 Å². The van der Waals surface area contributed by atoms with E-state index in [1.165, 1.54) is 11.3 Å². The molecule has 33 heavy (non-hydrogen) atoms. The highest BCUT2D eigenvalue weighted by atomic mass is 32.1. The fourth-order valence-corrected chi connectivity index (χ4v) is 4.52. The van der Waals surface area contributed by atoms with Crippen LogP contribution in [0.1, 0.15) is 12.0 Å². The summed E-state index contributed by atoms with van der Waals surface area (Å²) in [4.78, 5) is 18.1. The van der Waals surface area contributed by atoms with Crippen LogP contribution in [-0.2, 0) is 0 Å². The number of hydrogen-bond acceptors (Lipinski definition) is 6. The van der Waals surface area contributed by atoms with Crippen molar-refractivity contribution in [1.82, 2.24) is 9.38 Å². The molecule has 6 nitrogen and oxygen atoms in total. The van der Waals surface area contributed by atoms with Gasteiger partial charge in [0, 0.05) is 6.42 Å². The monoisotopic (exact) mass is 458 g/mol. The van der Waals surface area contributed by atoms with Gasteiger partial charge in [-0.1, -0.05) is 35.6 Å². The molecule has 2 aromatic heterocycles. The summed E-state index contributed by atoms with van der Waals surface area (Å²) in [6, 6.07) is 22.9. The van der Waals surface area contributed by atoms with E-state index in [0.717, 1.165) is 40.3 Å². The second kappa shape index (κ2) is 9.34. The van der Waals surface area contributed by atoms with Crippen LogP contribution in [0.3, 0.4) is 0 Å². The molecular formula is C26H22N2O4S. The van der Waals surface area contributed by atoms with Crippen molar-refractivity contribution < 1.29 is 14.2 Å². The molecule has 0 aliphatic carbocycles. The van der Waals surface area contributed by atoms with Crippen LogP contribution in [0.2, 0.25) is 0 Å². The predicted molar refractivity (Wildman–Crippen MR) is 131 cm³/mol. The van der Waals surface area contributed by atoms with Gasteiger partial charge < -0.3 is 14.2 Å². The molecule has 0 saturated heterocycles. The molecule has 0 unspecified atom stereocenters. The van der Waals surface area contributed by atoms with Gasteiger partial charge in [0.05, 0.1) is 35.9 Å². The second-order valence-corrected chi connectivity index (χ2v) is 8.44. The Bertz CT molecular complexity index is 1490. The van der Waals surface area contributed by atoms with E-state index in [9.17, 15) is 4.79 Å². The Labute approximate surface area is 194 Å². The van der Waals surface area contributed by atoms with Crippen LogP contribution in [0.25, 0.3) is 22.1 Å². The van der Waals surface area contributed by atoms with Gasteiger partial charge in [-0.05, 0) is 60.2 Å². The molecule has 166 valence electrons. The third-order valence-corrected chi connectivity index (χ3v) is 6.18. The summed E-state index contributed by atoms with van der Waals surface area (Å²) in [5, 5.41) is 0. The van der Waals surface area contributed by atoms with Crippen molar-refractivity contribution >= 4 is 33.4 Å². The molecule has 5 aromatic rings. The molecule has 7 heteroatoms. The third kappa shape index (κ3) is 4.54. The molecule has 2 heterocycles. The summed E-state index contributed by atoms with van der Waals surface area (Å²) in [6.07, 6.45) is 2.66. The number of imidazole rings is 1. The lowest BCUT2D eigenvalue weighted by Gasteiger charge is -2.08. The van der Waals surface area contributed by atoms with Crippen LogP contribution in [0.4, 0.5) is 0 Å². The first-order valence-corrected chi connectivity index (χ1v) is 11.4. The smallest absolute Gasteiger partial charge is 0.274 e. The van der Waals surface area contributed by atoms with E-state index >= 15 is 0 Å². The van der Waals surface area contributed by atoms with Crippen LogP contribution in [0.5, 0.6) is 17.2 Å². The number of aromatic nitrogens is 2. The van der Waals surface area contributed by atoms with Crippen LogP contribution in [0.15, 0.2) is 77.6 Å². The van der Waals surface area contributed by atoms with Gasteiger partial charge in [-0.25, -0.2) is 9.38 Å². The number of fused-ring (bicyclic) bond motifs is 3. The standard InChI is InChI=1S/C26H22N2O4S/c1-30-19-11-13-21(14-12-19)32-16-4-15-31-20-9-7-18(8-10-20)17-24-25(29)28-23-6-3-2-5-22(23)27-26(28)33-24/h2-3,5-14,17H,4,15-16H2,1H3/b24-17-. The van der Waals surface area contributed by atoms with Crippen LogP contribution < -0.4 is 24.3 Å². The molecule has 0 amide bonds.